The Balaban J connectivity index is 1.95. The Labute approximate surface area is 117 Å². The summed E-state index contributed by atoms with van der Waals surface area (Å²) in [5.74, 6) is 1.36. The smallest absolute Gasteiger partial charge is 0.0432 e. The van der Waals surface area contributed by atoms with Gasteiger partial charge in [0.25, 0.3) is 0 Å². The Morgan fingerprint density at radius 2 is 1.89 bits per heavy atom. The molecule has 0 radical (unpaired) electrons. The quantitative estimate of drug-likeness (QED) is 0.763. The molecule has 1 aromatic carbocycles. The molecule has 0 saturated carbocycles. The van der Waals surface area contributed by atoms with E-state index in [1.165, 1.54) is 30.6 Å². The van der Waals surface area contributed by atoms with Gasteiger partial charge in [0.2, 0.25) is 0 Å². The molecule has 1 saturated heterocycles. The van der Waals surface area contributed by atoms with Crippen molar-refractivity contribution in [3.05, 3.63) is 29.8 Å². The first kappa shape index (κ1) is 13.0. The van der Waals surface area contributed by atoms with Gasteiger partial charge in [0.05, 0.1) is 0 Å². The van der Waals surface area contributed by atoms with Crippen LogP contribution >= 0.6 is 0 Å². The van der Waals surface area contributed by atoms with Gasteiger partial charge in [-0.3, -0.25) is 0 Å². The van der Waals surface area contributed by atoms with Crippen molar-refractivity contribution in [2.45, 2.75) is 51.1 Å². The number of fused-ring (bicyclic) bond motifs is 1. The number of hydrogen-bond acceptors (Lipinski definition) is 2. The normalized spacial score (nSPS) is 38.8. The van der Waals surface area contributed by atoms with Crippen molar-refractivity contribution in [2.24, 2.45) is 5.92 Å². The number of benzene rings is 1. The van der Waals surface area contributed by atoms with Gasteiger partial charge in [-0.1, -0.05) is 32.0 Å². The Bertz CT molecular complexity index is 470. The lowest BCUT2D eigenvalue weighted by Gasteiger charge is -2.53. The lowest BCUT2D eigenvalue weighted by Crippen LogP contribution is -2.59. The van der Waals surface area contributed by atoms with Crippen LogP contribution < -0.4 is 5.32 Å². The molecule has 2 nitrogen and oxygen atoms in total. The molecule has 0 aromatic heterocycles. The van der Waals surface area contributed by atoms with Crippen molar-refractivity contribution in [2.75, 3.05) is 18.9 Å². The molecule has 2 heteroatoms. The lowest BCUT2D eigenvalue weighted by molar-refractivity contribution is 0.0803. The predicted octanol–water partition coefficient (Wildman–Crippen LogP) is 3.70. The van der Waals surface area contributed by atoms with E-state index in [0.717, 1.165) is 0 Å². The first-order valence-electron chi connectivity index (χ1n) is 7.59. The number of nitrogens with zero attached hydrogens (tertiary/aromatic N) is 1. The number of likely N-dealkylation sites (tertiary alicyclic amines) is 1. The van der Waals surface area contributed by atoms with Gasteiger partial charge in [0.1, 0.15) is 0 Å². The highest BCUT2D eigenvalue weighted by molar-refractivity contribution is 5.57. The third-order valence-corrected chi connectivity index (χ3v) is 5.46. The van der Waals surface area contributed by atoms with Crippen LogP contribution in [0, 0.1) is 5.92 Å². The van der Waals surface area contributed by atoms with Crippen LogP contribution in [0.3, 0.4) is 0 Å². The van der Waals surface area contributed by atoms with Gasteiger partial charge < -0.3 is 10.2 Å². The highest BCUT2D eigenvalue weighted by Gasteiger charge is 2.45. The van der Waals surface area contributed by atoms with E-state index in [1.54, 1.807) is 0 Å². The maximum absolute atomic E-state index is 3.92. The molecule has 0 amide bonds. The Hall–Kier alpha value is -1.02. The summed E-state index contributed by atoms with van der Waals surface area (Å²) < 4.78 is 0. The van der Waals surface area contributed by atoms with E-state index in [0.29, 0.717) is 23.4 Å². The zero-order valence-corrected chi connectivity index (χ0v) is 12.6. The summed E-state index contributed by atoms with van der Waals surface area (Å²) in [6.07, 6.45) is 2.52. The third-order valence-electron chi connectivity index (χ3n) is 5.46. The van der Waals surface area contributed by atoms with Crippen LogP contribution in [0.25, 0.3) is 0 Å². The fourth-order valence-electron chi connectivity index (χ4n) is 4.15. The van der Waals surface area contributed by atoms with Crippen LogP contribution in [-0.2, 0) is 0 Å². The molecular formula is C17H26N2. The summed E-state index contributed by atoms with van der Waals surface area (Å²) in [6.45, 7) is 8.36. The lowest BCUT2D eigenvalue weighted by atomic mass is 9.68. The number of rotatable bonds is 0. The molecule has 0 unspecified atom stereocenters. The summed E-state index contributed by atoms with van der Waals surface area (Å²) >= 11 is 0. The van der Waals surface area contributed by atoms with E-state index in [2.05, 4.69) is 62.3 Å². The van der Waals surface area contributed by atoms with E-state index in [4.69, 9.17) is 0 Å². The minimum absolute atomic E-state index is 0.291. The number of piperidine rings is 1. The fourth-order valence-corrected chi connectivity index (χ4v) is 4.15. The minimum atomic E-state index is 0.291. The molecule has 2 aliphatic heterocycles. The number of hydrogen-bond donors (Lipinski definition) is 1. The first-order chi connectivity index (χ1) is 9.02. The van der Waals surface area contributed by atoms with Crippen LogP contribution in [0.5, 0.6) is 0 Å². The molecule has 2 aliphatic rings. The van der Waals surface area contributed by atoms with E-state index in [1.807, 2.05) is 0 Å². The van der Waals surface area contributed by atoms with Crippen LogP contribution in [0.1, 0.15) is 45.1 Å². The van der Waals surface area contributed by atoms with Gasteiger partial charge in [0, 0.05) is 23.8 Å². The molecule has 19 heavy (non-hydrogen) atoms. The molecular weight excluding hydrogens is 232 g/mol. The predicted molar refractivity (Wildman–Crippen MR) is 81.7 cm³/mol. The molecule has 1 spiro atoms. The molecule has 104 valence electrons. The van der Waals surface area contributed by atoms with Crippen molar-refractivity contribution < 1.29 is 0 Å². The molecule has 3 rings (SSSR count). The summed E-state index contributed by atoms with van der Waals surface area (Å²) in [7, 11) is 2.26. The molecule has 1 N–H and O–H groups in total. The van der Waals surface area contributed by atoms with Crippen molar-refractivity contribution in [3.8, 4) is 0 Å². The average Bonchev–Trinajstić information content (AvgIpc) is 2.37. The minimum Gasteiger partial charge on any atom is -0.379 e. The first-order valence-corrected chi connectivity index (χ1v) is 7.59. The molecule has 0 bridgehead atoms. The number of anilines is 1. The van der Waals surface area contributed by atoms with Gasteiger partial charge in [-0.15, -0.1) is 0 Å². The maximum atomic E-state index is 3.92. The topological polar surface area (TPSA) is 15.3 Å². The Morgan fingerprint density at radius 1 is 1.16 bits per heavy atom. The average molecular weight is 258 g/mol. The molecule has 2 heterocycles. The van der Waals surface area contributed by atoms with Crippen molar-refractivity contribution in [3.63, 3.8) is 0 Å². The van der Waals surface area contributed by atoms with E-state index in [9.17, 15) is 0 Å². The second-order valence-electron chi connectivity index (χ2n) is 6.87. The number of nitrogens with one attached hydrogen (secondary N) is 1. The van der Waals surface area contributed by atoms with Gasteiger partial charge in [0.15, 0.2) is 0 Å². The molecule has 4 atom stereocenters. The van der Waals surface area contributed by atoms with Crippen molar-refractivity contribution in [1.82, 2.24) is 4.90 Å². The van der Waals surface area contributed by atoms with Gasteiger partial charge in [-0.25, -0.2) is 0 Å². The van der Waals surface area contributed by atoms with Crippen molar-refractivity contribution >= 4 is 5.69 Å². The third kappa shape index (κ3) is 2.06. The van der Waals surface area contributed by atoms with Crippen LogP contribution in [-0.4, -0.2) is 30.1 Å². The van der Waals surface area contributed by atoms with Gasteiger partial charge in [-0.2, -0.15) is 0 Å². The molecule has 1 aromatic rings. The molecule has 0 aliphatic carbocycles. The van der Waals surface area contributed by atoms with Crippen molar-refractivity contribution in [1.29, 1.82) is 0 Å². The highest BCUT2D eigenvalue weighted by atomic mass is 15.2. The van der Waals surface area contributed by atoms with Gasteiger partial charge in [-0.05, 0) is 50.3 Å². The molecule has 1 fully saturated rings. The monoisotopic (exact) mass is 258 g/mol. The fraction of sp³-hybridized carbons (Fsp3) is 0.647. The highest BCUT2D eigenvalue weighted by Crippen LogP contribution is 2.46. The Kier molecular flexibility index (Phi) is 3.09. The van der Waals surface area contributed by atoms with Crippen LogP contribution in [0.2, 0.25) is 0 Å². The van der Waals surface area contributed by atoms with E-state index >= 15 is 0 Å². The summed E-state index contributed by atoms with van der Waals surface area (Å²) in [6, 6.07) is 9.52. The van der Waals surface area contributed by atoms with Gasteiger partial charge >= 0.3 is 0 Å². The van der Waals surface area contributed by atoms with Crippen LogP contribution in [0.4, 0.5) is 5.69 Å². The second kappa shape index (κ2) is 4.52. The van der Waals surface area contributed by atoms with E-state index in [-0.39, 0.29) is 0 Å². The summed E-state index contributed by atoms with van der Waals surface area (Å²) in [5, 5.41) is 3.92. The SMILES string of the molecule is C[C@@H]1C[C@]2(C[C@@H](C)N(C)C[C@H]2C)Nc2ccccc21. The summed E-state index contributed by atoms with van der Waals surface area (Å²) in [5.41, 5.74) is 3.15. The largest absolute Gasteiger partial charge is 0.379 e. The maximum Gasteiger partial charge on any atom is 0.0432 e. The summed E-state index contributed by atoms with van der Waals surface area (Å²) in [4.78, 5) is 2.50. The van der Waals surface area contributed by atoms with E-state index < -0.39 is 0 Å². The zero-order valence-electron chi connectivity index (χ0n) is 12.6. The standard InChI is InChI=1S/C17H26N2/c1-12-9-17(10-14(3)19(4)11-13(17)2)18-16-8-6-5-7-15(12)16/h5-8,12-14,18H,9-11H2,1-4H3/t12-,13-,14-,17-/m1/s1. The Morgan fingerprint density at radius 3 is 2.68 bits per heavy atom. The van der Waals surface area contributed by atoms with Crippen LogP contribution in [0.15, 0.2) is 24.3 Å². The number of para-hydroxylation sites is 1. The second-order valence-corrected chi connectivity index (χ2v) is 6.87. The zero-order chi connectivity index (χ0) is 13.6.